The van der Waals surface area contributed by atoms with Gasteiger partial charge in [0.1, 0.15) is 0 Å². The standard InChI is InChI=1S/C20H24N2/c1-20(2,3)19-13-18(14-21-15-19)11-8-12-22(4)16-17-9-6-5-7-10-17/h5-7,9-10,13-15H,12,16H2,1-4H3. The highest BCUT2D eigenvalue weighted by molar-refractivity contribution is 5.36. The lowest BCUT2D eigenvalue weighted by atomic mass is 9.88. The summed E-state index contributed by atoms with van der Waals surface area (Å²) in [5.74, 6) is 6.46. The molecule has 1 aromatic heterocycles. The minimum absolute atomic E-state index is 0.106. The average Bonchev–Trinajstić information content (AvgIpc) is 2.48. The van der Waals surface area contributed by atoms with Crippen LogP contribution in [-0.2, 0) is 12.0 Å². The number of hydrogen-bond acceptors (Lipinski definition) is 2. The molecular formula is C20H24N2. The monoisotopic (exact) mass is 292 g/mol. The number of nitrogens with zero attached hydrogens (tertiary/aromatic N) is 2. The van der Waals surface area contributed by atoms with Crippen LogP contribution < -0.4 is 0 Å². The normalized spacial score (nSPS) is 11.1. The Balaban J connectivity index is 1.96. The lowest BCUT2D eigenvalue weighted by molar-refractivity contribution is 0.369. The van der Waals surface area contributed by atoms with Gasteiger partial charge in [-0.1, -0.05) is 62.9 Å². The molecule has 0 aliphatic rings. The molecule has 0 unspecified atom stereocenters. The zero-order valence-electron chi connectivity index (χ0n) is 13.9. The summed E-state index contributed by atoms with van der Waals surface area (Å²) < 4.78 is 0. The van der Waals surface area contributed by atoms with Crippen molar-refractivity contribution in [3.8, 4) is 11.8 Å². The molecule has 0 spiro atoms. The predicted octanol–water partition coefficient (Wildman–Crippen LogP) is 3.86. The van der Waals surface area contributed by atoms with Crippen LogP contribution in [0.4, 0.5) is 0 Å². The summed E-state index contributed by atoms with van der Waals surface area (Å²) in [6.07, 6.45) is 3.76. The van der Waals surface area contributed by atoms with Crippen molar-refractivity contribution in [2.24, 2.45) is 0 Å². The smallest absolute Gasteiger partial charge is 0.0605 e. The fourth-order valence-corrected chi connectivity index (χ4v) is 2.15. The van der Waals surface area contributed by atoms with Gasteiger partial charge < -0.3 is 0 Å². The first-order valence-electron chi connectivity index (χ1n) is 7.62. The first-order chi connectivity index (χ1) is 10.4. The van der Waals surface area contributed by atoms with Crippen molar-refractivity contribution in [1.29, 1.82) is 0 Å². The van der Waals surface area contributed by atoms with Crippen LogP contribution in [0.1, 0.15) is 37.5 Å². The van der Waals surface area contributed by atoms with Gasteiger partial charge in [0.05, 0.1) is 6.54 Å². The van der Waals surface area contributed by atoms with E-state index in [0.29, 0.717) is 0 Å². The first-order valence-corrected chi connectivity index (χ1v) is 7.62. The van der Waals surface area contributed by atoms with Crippen molar-refractivity contribution in [1.82, 2.24) is 9.88 Å². The van der Waals surface area contributed by atoms with Gasteiger partial charge in [0.25, 0.3) is 0 Å². The third kappa shape index (κ3) is 5.02. The SMILES string of the molecule is CN(CC#Cc1cncc(C(C)(C)C)c1)Cc1ccccc1. The molecule has 2 nitrogen and oxygen atoms in total. The van der Waals surface area contributed by atoms with Gasteiger partial charge in [-0.3, -0.25) is 9.88 Å². The lowest BCUT2D eigenvalue weighted by Gasteiger charge is -2.18. The molecule has 114 valence electrons. The Labute approximate surface area is 134 Å². The highest BCUT2D eigenvalue weighted by Crippen LogP contribution is 2.21. The van der Waals surface area contributed by atoms with Crippen molar-refractivity contribution in [3.63, 3.8) is 0 Å². The molecule has 0 amide bonds. The third-order valence-corrected chi connectivity index (χ3v) is 3.48. The number of benzene rings is 1. The Morgan fingerprint density at radius 3 is 2.50 bits per heavy atom. The molecule has 0 saturated heterocycles. The van der Waals surface area contributed by atoms with Crippen LogP contribution in [0.15, 0.2) is 48.8 Å². The zero-order chi connectivity index (χ0) is 16.0. The summed E-state index contributed by atoms with van der Waals surface area (Å²) in [5, 5.41) is 0. The van der Waals surface area contributed by atoms with Crippen molar-refractivity contribution in [2.45, 2.75) is 32.7 Å². The van der Waals surface area contributed by atoms with Gasteiger partial charge in [-0.05, 0) is 29.7 Å². The van der Waals surface area contributed by atoms with E-state index in [1.54, 1.807) is 0 Å². The van der Waals surface area contributed by atoms with E-state index in [1.165, 1.54) is 11.1 Å². The van der Waals surface area contributed by atoms with Gasteiger partial charge >= 0.3 is 0 Å². The fraction of sp³-hybridized carbons (Fsp3) is 0.350. The molecule has 0 aliphatic carbocycles. The molecule has 22 heavy (non-hydrogen) atoms. The largest absolute Gasteiger partial charge is 0.291 e. The van der Waals surface area contributed by atoms with E-state index >= 15 is 0 Å². The Morgan fingerprint density at radius 2 is 1.82 bits per heavy atom. The Kier molecular flexibility index (Phi) is 5.35. The summed E-state index contributed by atoms with van der Waals surface area (Å²) >= 11 is 0. The second-order valence-corrected chi connectivity index (χ2v) is 6.67. The van der Waals surface area contributed by atoms with Gasteiger partial charge in [-0.15, -0.1) is 0 Å². The predicted molar refractivity (Wildman–Crippen MR) is 92.6 cm³/mol. The van der Waals surface area contributed by atoms with Crippen LogP contribution in [0.25, 0.3) is 0 Å². The van der Waals surface area contributed by atoms with E-state index < -0.39 is 0 Å². The number of hydrogen-bond donors (Lipinski definition) is 0. The molecule has 0 atom stereocenters. The molecule has 0 saturated carbocycles. The van der Waals surface area contributed by atoms with Crippen LogP contribution in [0, 0.1) is 11.8 Å². The van der Waals surface area contributed by atoms with Crippen LogP contribution in [0.5, 0.6) is 0 Å². The Morgan fingerprint density at radius 1 is 1.09 bits per heavy atom. The Hall–Kier alpha value is -2.11. The van der Waals surface area contributed by atoms with Crippen LogP contribution in [0.3, 0.4) is 0 Å². The third-order valence-electron chi connectivity index (χ3n) is 3.48. The molecule has 0 radical (unpaired) electrons. The van der Waals surface area contributed by atoms with Crippen LogP contribution in [-0.4, -0.2) is 23.5 Å². The summed E-state index contributed by atoms with van der Waals surface area (Å²) in [4.78, 5) is 6.51. The molecule has 1 aromatic carbocycles. The van der Waals surface area contributed by atoms with Crippen molar-refractivity contribution < 1.29 is 0 Å². The van der Waals surface area contributed by atoms with E-state index in [9.17, 15) is 0 Å². The van der Waals surface area contributed by atoms with E-state index in [2.05, 4.69) is 79.9 Å². The number of pyridine rings is 1. The number of aromatic nitrogens is 1. The van der Waals surface area contributed by atoms with E-state index in [1.807, 2.05) is 18.5 Å². The van der Waals surface area contributed by atoms with Gasteiger partial charge in [0.2, 0.25) is 0 Å². The lowest BCUT2D eigenvalue weighted by Crippen LogP contribution is -2.17. The van der Waals surface area contributed by atoms with E-state index in [-0.39, 0.29) is 5.41 Å². The second kappa shape index (κ2) is 7.24. The molecule has 2 aromatic rings. The van der Waals surface area contributed by atoms with Crippen molar-refractivity contribution in [3.05, 3.63) is 65.5 Å². The average molecular weight is 292 g/mol. The minimum Gasteiger partial charge on any atom is -0.291 e. The summed E-state index contributed by atoms with van der Waals surface area (Å²) in [6.45, 7) is 8.23. The molecule has 0 fully saturated rings. The fourth-order valence-electron chi connectivity index (χ4n) is 2.15. The van der Waals surface area contributed by atoms with E-state index in [4.69, 9.17) is 0 Å². The van der Waals surface area contributed by atoms with Crippen LogP contribution >= 0.6 is 0 Å². The molecule has 2 rings (SSSR count). The second-order valence-electron chi connectivity index (χ2n) is 6.67. The van der Waals surface area contributed by atoms with Crippen LogP contribution in [0.2, 0.25) is 0 Å². The van der Waals surface area contributed by atoms with E-state index in [0.717, 1.165) is 18.7 Å². The van der Waals surface area contributed by atoms with Gasteiger partial charge in [-0.2, -0.15) is 0 Å². The Bertz CT molecular complexity index is 657. The summed E-state index contributed by atoms with van der Waals surface area (Å²) in [5.41, 5.74) is 3.62. The highest BCUT2D eigenvalue weighted by Gasteiger charge is 2.13. The molecule has 0 bridgehead atoms. The zero-order valence-corrected chi connectivity index (χ0v) is 13.9. The van der Waals surface area contributed by atoms with Crippen molar-refractivity contribution >= 4 is 0 Å². The summed E-state index contributed by atoms with van der Waals surface area (Å²) in [6, 6.07) is 12.6. The minimum atomic E-state index is 0.106. The maximum Gasteiger partial charge on any atom is 0.0605 e. The van der Waals surface area contributed by atoms with Gasteiger partial charge in [0.15, 0.2) is 0 Å². The maximum absolute atomic E-state index is 4.30. The quantitative estimate of drug-likeness (QED) is 0.799. The molecule has 2 heteroatoms. The van der Waals surface area contributed by atoms with Crippen molar-refractivity contribution in [2.75, 3.05) is 13.6 Å². The maximum atomic E-state index is 4.30. The molecule has 0 N–H and O–H groups in total. The molecular weight excluding hydrogens is 268 g/mol. The van der Waals surface area contributed by atoms with Gasteiger partial charge in [0, 0.05) is 24.5 Å². The molecule has 1 heterocycles. The first kappa shape index (κ1) is 16.3. The molecule has 0 aliphatic heterocycles. The topological polar surface area (TPSA) is 16.1 Å². The highest BCUT2D eigenvalue weighted by atomic mass is 15.1. The number of rotatable bonds is 3. The van der Waals surface area contributed by atoms with Gasteiger partial charge in [-0.25, -0.2) is 0 Å². The summed E-state index contributed by atoms with van der Waals surface area (Å²) in [7, 11) is 2.09.